The number of imidazole rings is 1. The van der Waals surface area contributed by atoms with Crippen molar-refractivity contribution >= 4 is 22.0 Å². The fourth-order valence-electron chi connectivity index (χ4n) is 2.28. The molecule has 1 N–H and O–H groups in total. The lowest BCUT2D eigenvalue weighted by Gasteiger charge is -2.11. The third-order valence-electron chi connectivity index (χ3n) is 3.24. The molecule has 0 radical (unpaired) electrons. The largest absolute Gasteiger partial charge is 0.476 e. The summed E-state index contributed by atoms with van der Waals surface area (Å²) in [5.74, 6) is 0.639. The minimum Gasteiger partial charge on any atom is -0.476 e. The zero-order chi connectivity index (χ0) is 14.8. The van der Waals surface area contributed by atoms with Crippen molar-refractivity contribution in [1.82, 2.24) is 14.4 Å². The first-order chi connectivity index (χ1) is 10.2. The summed E-state index contributed by atoms with van der Waals surface area (Å²) in [5, 5.41) is 3.40. The van der Waals surface area contributed by atoms with Crippen molar-refractivity contribution in [2.45, 2.75) is 27.3 Å². The summed E-state index contributed by atoms with van der Waals surface area (Å²) in [6, 6.07) is 3.88. The topological polar surface area (TPSA) is 51.5 Å². The van der Waals surface area contributed by atoms with E-state index in [-0.39, 0.29) is 0 Å². The highest BCUT2D eigenvalue weighted by Gasteiger charge is 2.12. The Balaban J connectivity index is 1.85. The third kappa shape index (κ3) is 2.71. The highest BCUT2D eigenvalue weighted by molar-refractivity contribution is 7.17. The van der Waals surface area contributed by atoms with Gasteiger partial charge in [-0.25, -0.2) is 9.97 Å². The van der Waals surface area contributed by atoms with E-state index in [0.29, 0.717) is 19.0 Å². The summed E-state index contributed by atoms with van der Waals surface area (Å²) >= 11 is 1.71. The molecule has 0 aliphatic heterocycles. The van der Waals surface area contributed by atoms with Gasteiger partial charge in [0.1, 0.15) is 0 Å². The molecule has 6 heteroatoms. The summed E-state index contributed by atoms with van der Waals surface area (Å²) in [6.45, 7) is 7.39. The van der Waals surface area contributed by atoms with Gasteiger partial charge in [-0.2, -0.15) is 0 Å². The van der Waals surface area contributed by atoms with Gasteiger partial charge in [0.15, 0.2) is 4.96 Å². The number of rotatable bonds is 5. The SMILES string of the molecule is CCOc1ncccc1NCc1c(C)nc2sc(C)cn12. The number of aryl methyl sites for hydroxylation is 2. The quantitative estimate of drug-likeness (QED) is 0.784. The normalized spacial score (nSPS) is 11.0. The van der Waals surface area contributed by atoms with Crippen LogP contribution in [0, 0.1) is 13.8 Å². The van der Waals surface area contributed by atoms with E-state index in [2.05, 4.69) is 32.8 Å². The number of pyridine rings is 1. The number of fused-ring (bicyclic) bond motifs is 1. The van der Waals surface area contributed by atoms with Gasteiger partial charge in [0.25, 0.3) is 0 Å². The summed E-state index contributed by atoms with van der Waals surface area (Å²) in [5.41, 5.74) is 3.12. The van der Waals surface area contributed by atoms with Crippen molar-refractivity contribution < 1.29 is 4.74 Å². The molecule has 110 valence electrons. The molecule has 0 fully saturated rings. The van der Waals surface area contributed by atoms with Gasteiger partial charge in [0, 0.05) is 17.3 Å². The zero-order valence-electron chi connectivity index (χ0n) is 12.4. The first kappa shape index (κ1) is 13.9. The molecule has 0 saturated carbocycles. The van der Waals surface area contributed by atoms with Crippen LogP contribution in [0.4, 0.5) is 5.69 Å². The van der Waals surface area contributed by atoms with Crippen LogP contribution in [0.1, 0.15) is 23.2 Å². The smallest absolute Gasteiger partial charge is 0.237 e. The average Bonchev–Trinajstić information content (AvgIpc) is 2.94. The van der Waals surface area contributed by atoms with Crippen LogP contribution in [0.5, 0.6) is 5.88 Å². The Labute approximate surface area is 127 Å². The van der Waals surface area contributed by atoms with Crippen LogP contribution >= 0.6 is 11.3 Å². The molecular formula is C15H18N4OS. The van der Waals surface area contributed by atoms with E-state index in [9.17, 15) is 0 Å². The van der Waals surface area contributed by atoms with E-state index in [1.54, 1.807) is 17.5 Å². The van der Waals surface area contributed by atoms with Crippen LogP contribution in [-0.2, 0) is 6.54 Å². The Morgan fingerprint density at radius 2 is 2.24 bits per heavy atom. The van der Waals surface area contributed by atoms with Crippen LogP contribution in [-0.4, -0.2) is 21.0 Å². The van der Waals surface area contributed by atoms with E-state index in [0.717, 1.165) is 16.3 Å². The van der Waals surface area contributed by atoms with E-state index in [1.807, 2.05) is 26.0 Å². The van der Waals surface area contributed by atoms with Crippen LogP contribution in [0.2, 0.25) is 0 Å². The Morgan fingerprint density at radius 3 is 3.05 bits per heavy atom. The number of thiazole rings is 1. The Kier molecular flexibility index (Phi) is 3.79. The monoisotopic (exact) mass is 302 g/mol. The molecule has 3 rings (SSSR count). The Bertz CT molecular complexity index is 762. The first-order valence-corrected chi connectivity index (χ1v) is 7.76. The van der Waals surface area contributed by atoms with Gasteiger partial charge in [-0.3, -0.25) is 4.40 Å². The first-order valence-electron chi connectivity index (χ1n) is 6.94. The van der Waals surface area contributed by atoms with Crippen LogP contribution in [0.25, 0.3) is 4.96 Å². The lowest BCUT2D eigenvalue weighted by molar-refractivity contribution is 0.328. The molecular weight excluding hydrogens is 284 g/mol. The second-order valence-corrected chi connectivity index (χ2v) is 5.99. The number of nitrogens with zero attached hydrogens (tertiary/aromatic N) is 3. The number of ether oxygens (including phenoxy) is 1. The Morgan fingerprint density at radius 1 is 1.38 bits per heavy atom. The fraction of sp³-hybridized carbons (Fsp3) is 0.333. The molecule has 3 aromatic rings. The second kappa shape index (κ2) is 5.73. The lowest BCUT2D eigenvalue weighted by atomic mass is 10.3. The Hall–Kier alpha value is -2.08. The summed E-state index contributed by atoms with van der Waals surface area (Å²) in [4.78, 5) is 11.2. The molecule has 3 aromatic heterocycles. The molecule has 0 aliphatic carbocycles. The summed E-state index contributed by atoms with van der Waals surface area (Å²) in [7, 11) is 0. The van der Waals surface area contributed by atoms with Gasteiger partial charge in [-0.05, 0) is 32.9 Å². The number of aromatic nitrogens is 3. The van der Waals surface area contributed by atoms with Gasteiger partial charge in [-0.15, -0.1) is 11.3 Å². The van der Waals surface area contributed by atoms with Crippen molar-refractivity contribution in [2.24, 2.45) is 0 Å². The van der Waals surface area contributed by atoms with E-state index in [1.165, 1.54) is 10.6 Å². The highest BCUT2D eigenvalue weighted by Crippen LogP contribution is 2.24. The number of anilines is 1. The van der Waals surface area contributed by atoms with E-state index < -0.39 is 0 Å². The maximum absolute atomic E-state index is 5.53. The minimum absolute atomic E-state index is 0.603. The molecule has 3 heterocycles. The predicted molar refractivity (Wildman–Crippen MR) is 85.3 cm³/mol. The lowest BCUT2D eigenvalue weighted by Crippen LogP contribution is -2.06. The van der Waals surface area contributed by atoms with Gasteiger partial charge >= 0.3 is 0 Å². The molecule has 0 spiro atoms. The highest BCUT2D eigenvalue weighted by atomic mass is 32.1. The molecule has 0 bridgehead atoms. The van der Waals surface area contributed by atoms with Crippen molar-refractivity contribution in [2.75, 3.05) is 11.9 Å². The van der Waals surface area contributed by atoms with Crippen molar-refractivity contribution in [3.05, 3.63) is 40.8 Å². The number of nitrogens with one attached hydrogen (secondary N) is 1. The van der Waals surface area contributed by atoms with Crippen molar-refractivity contribution in [3.8, 4) is 5.88 Å². The van der Waals surface area contributed by atoms with Crippen LogP contribution < -0.4 is 10.1 Å². The molecule has 0 unspecified atom stereocenters. The minimum atomic E-state index is 0.603. The van der Waals surface area contributed by atoms with Gasteiger partial charge < -0.3 is 10.1 Å². The molecule has 0 aromatic carbocycles. The average molecular weight is 302 g/mol. The third-order valence-corrected chi connectivity index (χ3v) is 4.14. The van der Waals surface area contributed by atoms with Crippen LogP contribution in [0.3, 0.4) is 0 Å². The van der Waals surface area contributed by atoms with Gasteiger partial charge in [0.2, 0.25) is 5.88 Å². The molecule has 0 amide bonds. The van der Waals surface area contributed by atoms with Crippen molar-refractivity contribution in [1.29, 1.82) is 0 Å². The maximum atomic E-state index is 5.53. The van der Waals surface area contributed by atoms with Gasteiger partial charge in [-0.1, -0.05) is 0 Å². The van der Waals surface area contributed by atoms with E-state index in [4.69, 9.17) is 4.74 Å². The molecule has 0 aliphatic rings. The van der Waals surface area contributed by atoms with Crippen molar-refractivity contribution in [3.63, 3.8) is 0 Å². The predicted octanol–water partition coefficient (Wildman–Crippen LogP) is 3.42. The van der Waals surface area contributed by atoms with E-state index >= 15 is 0 Å². The fourth-order valence-corrected chi connectivity index (χ4v) is 3.17. The number of hydrogen-bond donors (Lipinski definition) is 1. The number of hydrogen-bond acceptors (Lipinski definition) is 5. The summed E-state index contributed by atoms with van der Waals surface area (Å²) in [6.07, 6.45) is 3.87. The maximum Gasteiger partial charge on any atom is 0.237 e. The standard InChI is InChI=1S/C15H18N4OS/c1-4-20-14-12(6-5-7-16-14)17-8-13-11(3)18-15-19(13)9-10(2)21-15/h5-7,9,17H,4,8H2,1-3H3. The molecule has 0 saturated heterocycles. The summed E-state index contributed by atoms with van der Waals surface area (Å²) < 4.78 is 7.69. The zero-order valence-corrected chi connectivity index (χ0v) is 13.2. The second-order valence-electron chi connectivity index (χ2n) is 4.78. The molecule has 21 heavy (non-hydrogen) atoms. The van der Waals surface area contributed by atoms with Gasteiger partial charge in [0.05, 0.1) is 30.2 Å². The molecule has 5 nitrogen and oxygen atoms in total. The molecule has 0 atom stereocenters. The van der Waals surface area contributed by atoms with Crippen LogP contribution in [0.15, 0.2) is 24.5 Å².